The minimum atomic E-state index is 0.0883. The van der Waals surface area contributed by atoms with Crippen LogP contribution in [0.3, 0.4) is 0 Å². The SMILES string of the molecule is CC1=C2CC[C@@H](C)C=C2NC1=O. The third kappa shape index (κ3) is 0.986. The lowest BCUT2D eigenvalue weighted by Crippen LogP contribution is -2.17. The third-order valence-corrected chi connectivity index (χ3v) is 2.67. The highest BCUT2D eigenvalue weighted by Crippen LogP contribution is 2.32. The Balaban J connectivity index is 2.42. The average Bonchev–Trinajstić information content (AvgIpc) is 2.28. The smallest absolute Gasteiger partial charge is 0.251 e. The molecule has 0 aromatic carbocycles. The molecule has 0 radical (unpaired) electrons. The first-order valence-corrected chi connectivity index (χ1v) is 4.42. The van der Waals surface area contributed by atoms with Gasteiger partial charge in [0.15, 0.2) is 0 Å². The Hall–Kier alpha value is -1.05. The van der Waals surface area contributed by atoms with Gasteiger partial charge in [-0.1, -0.05) is 13.0 Å². The fraction of sp³-hybridized carbons (Fsp3) is 0.500. The lowest BCUT2D eigenvalue weighted by Gasteiger charge is -2.16. The second kappa shape index (κ2) is 2.47. The standard InChI is InChI=1S/C10H13NO/c1-6-3-4-8-7(2)10(12)11-9(8)5-6/h5-6H,3-4H2,1-2H3,(H,11,12)/t6-/m1/s1. The van der Waals surface area contributed by atoms with Gasteiger partial charge in [-0.25, -0.2) is 0 Å². The first-order valence-electron chi connectivity index (χ1n) is 4.42. The van der Waals surface area contributed by atoms with E-state index >= 15 is 0 Å². The van der Waals surface area contributed by atoms with Crippen LogP contribution in [-0.2, 0) is 4.79 Å². The van der Waals surface area contributed by atoms with Crippen molar-refractivity contribution >= 4 is 5.91 Å². The summed E-state index contributed by atoms with van der Waals surface area (Å²) >= 11 is 0. The van der Waals surface area contributed by atoms with Gasteiger partial charge in [0, 0.05) is 11.3 Å². The Morgan fingerprint density at radius 1 is 1.58 bits per heavy atom. The lowest BCUT2D eigenvalue weighted by molar-refractivity contribution is -0.116. The topological polar surface area (TPSA) is 29.1 Å². The van der Waals surface area contributed by atoms with E-state index in [1.165, 1.54) is 12.0 Å². The number of allylic oxidation sites excluding steroid dienone is 2. The molecule has 2 rings (SSSR count). The van der Waals surface area contributed by atoms with Crippen molar-refractivity contribution in [2.45, 2.75) is 26.7 Å². The molecular weight excluding hydrogens is 150 g/mol. The van der Waals surface area contributed by atoms with Gasteiger partial charge in [-0.15, -0.1) is 0 Å². The molecule has 0 unspecified atom stereocenters. The molecule has 0 aromatic heterocycles. The molecule has 2 nitrogen and oxygen atoms in total. The average molecular weight is 163 g/mol. The number of amides is 1. The number of carbonyl (C=O) groups is 1. The lowest BCUT2D eigenvalue weighted by atomic mass is 9.91. The van der Waals surface area contributed by atoms with Gasteiger partial charge in [-0.05, 0) is 31.3 Å². The van der Waals surface area contributed by atoms with Gasteiger partial charge in [0.25, 0.3) is 5.91 Å². The van der Waals surface area contributed by atoms with Crippen molar-refractivity contribution in [2.24, 2.45) is 5.92 Å². The van der Waals surface area contributed by atoms with Crippen molar-refractivity contribution in [3.8, 4) is 0 Å². The Kier molecular flexibility index (Phi) is 1.56. The first-order chi connectivity index (χ1) is 5.68. The molecule has 0 aromatic rings. The molecule has 0 saturated heterocycles. The van der Waals surface area contributed by atoms with Gasteiger partial charge in [0.2, 0.25) is 0 Å². The summed E-state index contributed by atoms with van der Waals surface area (Å²) in [5.74, 6) is 0.695. The van der Waals surface area contributed by atoms with Crippen LogP contribution in [0.15, 0.2) is 22.9 Å². The Morgan fingerprint density at radius 2 is 2.33 bits per heavy atom. The molecule has 0 fully saturated rings. The zero-order chi connectivity index (χ0) is 8.72. The highest BCUT2D eigenvalue weighted by Gasteiger charge is 2.26. The van der Waals surface area contributed by atoms with E-state index in [2.05, 4.69) is 18.3 Å². The van der Waals surface area contributed by atoms with Crippen LogP contribution >= 0.6 is 0 Å². The summed E-state index contributed by atoms with van der Waals surface area (Å²) in [6.07, 6.45) is 4.38. The van der Waals surface area contributed by atoms with Crippen molar-refractivity contribution in [1.29, 1.82) is 0 Å². The molecule has 1 N–H and O–H groups in total. The highest BCUT2D eigenvalue weighted by molar-refractivity contribution is 5.99. The van der Waals surface area contributed by atoms with Crippen LogP contribution < -0.4 is 5.32 Å². The summed E-state index contributed by atoms with van der Waals surface area (Å²) in [4.78, 5) is 11.2. The summed E-state index contributed by atoms with van der Waals surface area (Å²) in [6.45, 7) is 4.09. The first kappa shape index (κ1) is 7.59. The third-order valence-electron chi connectivity index (χ3n) is 2.67. The highest BCUT2D eigenvalue weighted by atomic mass is 16.1. The second-order valence-electron chi connectivity index (χ2n) is 3.65. The maximum absolute atomic E-state index is 11.2. The van der Waals surface area contributed by atoms with Gasteiger partial charge < -0.3 is 5.32 Å². The Bertz CT molecular complexity index is 299. The number of fused-ring (bicyclic) bond motifs is 1. The van der Waals surface area contributed by atoms with E-state index < -0.39 is 0 Å². The van der Waals surface area contributed by atoms with Crippen molar-refractivity contribution in [3.63, 3.8) is 0 Å². The normalized spacial score (nSPS) is 28.3. The monoisotopic (exact) mass is 163 g/mol. The van der Waals surface area contributed by atoms with Crippen molar-refractivity contribution < 1.29 is 4.79 Å². The van der Waals surface area contributed by atoms with Crippen LogP contribution in [-0.4, -0.2) is 5.91 Å². The summed E-state index contributed by atoms with van der Waals surface area (Å²) in [5.41, 5.74) is 3.21. The molecule has 0 spiro atoms. The summed E-state index contributed by atoms with van der Waals surface area (Å²) in [5, 5.41) is 2.88. The van der Waals surface area contributed by atoms with Gasteiger partial charge >= 0.3 is 0 Å². The van der Waals surface area contributed by atoms with Gasteiger partial charge in [0.1, 0.15) is 0 Å². The van der Waals surface area contributed by atoms with Crippen LogP contribution in [0.1, 0.15) is 26.7 Å². The number of hydrogen-bond acceptors (Lipinski definition) is 1. The maximum Gasteiger partial charge on any atom is 0.251 e. The summed E-state index contributed by atoms with van der Waals surface area (Å²) in [7, 11) is 0. The van der Waals surface area contributed by atoms with Gasteiger partial charge in [-0.3, -0.25) is 4.79 Å². The molecule has 2 aliphatic rings. The van der Waals surface area contributed by atoms with Crippen molar-refractivity contribution in [3.05, 3.63) is 22.9 Å². The minimum absolute atomic E-state index is 0.0883. The number of hydrogen-bond donors (Lipinski definition) is 1. The van der Waals surface area contributed by atoms with Gasteiger partial charge in [-0.2, -0.15) is 0 Å². The Morgan fingerprint density at radius 3 is 3.08 bits per heavy atom. The molecule has 0 bridgehead atoms. The zero-order valence-corrected chi connectivity index (χ0v) is 7.48. The van der Waals surface area contributed by atoms with Crippen molar-refractivity contribution in [2.75, 3.05) is 0 Å². The molecular formula is C10H13NO. The van der Waals surface area contributed by atoms with E-state index in [9.17, 15) is 4.79 Å². The fourth-order valence-electron chi connectivity index (χ4n) is 1.83. The molecule has 64 valence electrons. The second-order valence-corrected chi connectivity index (χ2v) is 3.65. The summed E-state index contributed by atoms with van der Waals surface area (Å²) < 4.78 is 0. The van der Waals surface area contributed by atoms with Crippen LogP contribution in [0.2, 0.25) is 0 Å². The minimum Gasteiger partial charge on any atom is -0.322 e. The quantitative estimate of drug-likeness (QED) is 0.579. The van der Waals surface area contributed by atoms with Crippen LogP contribution in [0.25, 0.3) is 0 Å². The van der Waals surface area contributed by atoms with E-state index in [0.717, 1.165) is 17.7 Å². The predicted molar refractivity (Wildman–Crippen MR) is 47.3 cm³/mol. The van der Waals surface area contributed by atoms with Crippen molar-refractivity contribution in [1.82, 2.24) is 5.32 Å². The summed E-state index contributed by atoms with van der Waals surface area (Å²) in [6, 6.07) is 0. The largest absolute Gasteiger partial charge is 0.322 e. The van der Waals surface area contributed by atoms with Crippen LogP contribution in [0.5, 0.6) is 0 Å². The molecule has 1 atom stereocenters. The molecule has 2 heteroatoms. The molecule has 0 saturated carbocycles. The van der Waals surface area contributed by atoms with Crippen LogP contribution in [0, 0.1) is 5.92 Å². The van der Waals surface area contributed by atoms with Crippen LogP contribution in [0.4, 0.5) is 0 Å². The number of nitrogens with one attached hydrogen (secondary N) is 1. The fourth-order valence-corrected chi connectivity index (χ4v) is 1.83. The van der Waals surface area contributed by atoms with E-state index in [0.29, 0.717) is 5.92 Å². The maximum atomic E-state index is 11.2. The Labute approximate surface area is 72.3 Å². The van der Waals surface area contributed by atoms with E-state index in [4.69, 9.17) is 0 Å². The molecule has 1 amide bonds. The van der Waals surface area contributed by atoms with Gasteiger partial charge in [0.05, 0.1) is 0 Å². The van der Waals surface area contributed by atoms with E-state index in [1.54, 1.807) is 0 Å². The van der Waals surface area contributed by atoms with E-state index in [1.807, 2.05) is 6.92 Å². The zero-order valence-electron chi connectivity index (χ0n) is 7.48. The molecule has 1 aliphatic carbocycles. The number of carbonyl (C=O) groups excluding carboxylic acids is 1. The molecule has 1 aliphatic heterocycles. The predicted octanol–water partition coefficient (Wildman–Crippen LogP) is 1.75. The molecule has 12 heavy (non-hydrogen) atoms. The molecule has 1 heterocycles. The number of rotatable bonds is 0. The van der Waals surface area contributed by atoms with E-state index in [-0.39, 0.29) is 5.91 Å².